The van der Waals surface area contributed by atoms with Gasteiger partial charge in [0.1, 0.15) is 5.69 Å². The number of carbonyl (C=O) groups is 1. The number of thiazole rings is 1. The average molecular weight is 402 g/mol. The molecule has 4 heterocycles. The number of hydrogen-bond donors (Lipinski definition) is 0. The summed E-state index contributed by atoms with van der Waals surface area (Å²) in [6.07, 6.45) is 1.31. The van der Waals surface area contributed by atoms with Crippen LogP contribution in [0, 0.1) is 0 Å². The molecule has 0 N–H and O–H groups in total. The van der Waals surface area contributed by atoms with Crippen molar-refractivity contribution in [1.82, 2.24) is 29.8 Å². The van der Waals surface area contributed by atoms with Crippen molar-refractivity contribution in [1.29, 1.82) is 0 Å². The van der Waals surface area contributed by atoms with Gasteiger partial charge in [0.05, 0.1) is 18.7 Å². The Morgan fingerprint density at radius 2 is 2.29 bits per heavy atom. The van der Waals surface area contributed by atoms with Crippen molar-refractivity contribution in [2.75, 3.05) is 20.2 Å². The van der Waals surface area contributed by atoms with E-state index in [0.717, 1.165) is 12.0 Å². The lowest BCUT2D eigenvalue weighted by atomic mass is 10.1. The van der Waals surface area contributed by atoms with Crippen molar-refractivity contribution in [2.24, 2.45) is 0 Å². The zero-order valence-electron chi connectivity index (χ0n) is 16.1. The summed E-state index contributed by atoms with van der Waals surface area (Å²) in [6, 6.07) is 0.244. The molecule has 0 aliphatic carbocycles. The summed E-state index contributed by atoms with van der Waals surface area (Å²) in [6.45, 7) is 5.86. The van der Waals surface area contributed by atoms with Gasteiger partial charge in [0.2, 0.25) is 0 Å². The predicted octanol–water partition coefficient (Wildman–Crippen LogP) is 2.36. The van der Waals surface area contributed by atoms with Crippen LogP contribution in [0.2, 0.25) is 0 Å². The van der Waals surface area contributed by atoms with E-state index in [1.807, 2.05) is 4.68 Å². The quantitative estimate of drug-likeness (QED) is 0.624. The van der Waals surface area contributed by atoms with Crippen molar-refractivity contribution in [3.05, 3.63) is 33.7 Å². The van der Waals surface area contributed by atoms with Gasteiger partial charge in [-0.2, -0.15) is 10.1 Å². The molecule has 28 heavy (non-hydrogen) atoms. The zero-order chi connectivity index (χ0) is 19.7. The van der Waals surface area contributed by atoms with Crippen LogP contribution < -0.4 is 0 Å². The van der Waals surface area contributed by atoms with Crippen molar-refractivity contribution >= 4 is 17.2 Å². The maximum Gasteiger partial charge on any atom is 0.278 e. The van der Waals surface area contributed by atoms with Gasteiger partial charge in [-0.25, -0.2) is 4.98 Å². The molecule has 0 spiro atoms. The first-order valence-corrected chi connectivity index (χ1v) is 10.1. The Bertz CT molecular complexity index is 962. The molecule has 148 valence electrons. The Morgan fingerprint density at radius 1 is 1.43 bits per heavy atom. The molecule has 1 amide bonds. The number of hydrogen-bond acceptors (Lipinski definition) is 8. The van der Waals surface area contributed by atoms with Crippen molar-refractivity contribution in [3.8, 4) is 11.6 Å². The van der Waals surface area contributed by atoms with Crippen molar-refractivity contribution in [3.63, 3.8) is 0 Å². The van der Waals surface area contributed by atoms with Crippen LogP contribution in [0.25, 0.3) is 11.6 Å². The standard InChI is InChI=1S/C18H22N6O3S/c1-11(2)24-14-5-7-26-8-12(14)16(21-24)17-20-15(22-27-17)4-6-23(3)18(25)13-9-28-10-19-13/h9-11H,4-8H2,1-3H3. The topological polar surface area (TPSA) is 99.2 Å². The van der Waals surface area contributed by atoms with Crippen LogP contribution in [0.4, 0.5) is 0 Å². The summed E-state index contributed by atoms with van der Waals surface area (Å²) in [5.41, 5.74) is 4.98. The average Bonchev–Trinajstić information content (AvgIpc) is 3.44. The molecule has 0 radical (unpaired) electrons. The Labute approximate surface area is 166 Å². The number of amides is 1. The SMILES string of the molecule is CC(C)n1nc(-c2nc(CCN(C)C(=O)c3cscn3)no2)c2c1CCOC2. The molecule has 0 saturated heterocycles. The highest BCUT2D eigenvalue weighted by Gasteiger charge is 2.26. The van der Waals surface area contributed by atoms with E-state index < -0.39 is 0 Å². The van der Waals surface area contributed by atoms with Gasteiger partial charge < -0.3 is 14.2 Å². The van der Waals surface area contributed by atoms with Crippen LogP contribution in [-0.2, 0) is 24.2 Å². The van der Waals surface area contributed by atoms with Gasteiger partial charge in [0.25, 0.3) is 11.8 Å². The van der Waals surface area contributed by atoms with Crippen molar-refractivity contribution < 1.29 is 14.1 Å². The number of nitrogens with zero attached hydrogens (tertiary/aromatic N) is 6. The molecule has 10 heteroatoms. The molecule has 0 fully saturated rings. The lowest BCUT2D eigenvalue weighted by molar-refractivity contribution is 0.0791. The number of likely N-dealkylation sites (N-methyl/N-ethyl adjacent to an activating group) is 1. The van der Waals surface area contributed by atoms with Gasteiger partial charge in [-0.05, 0) is 13.8 Å². The van der Waals surface area contributed by atoms with E-state index in [4.69, 9.17) is 14.4 Å². The lowest BCUT2D eigenvalue weighted by Gasteiger charge is -2.16. The van der Waals surface area contributed by atoms with Crippen LogP contribution in [0.5, 0.6) is 0 Å². The highest BCUT2D eigenvalue weighted by Crippen LogP contribution is 2.29. The smallest absolute Gasteiger partial charge is 0.278 e. The highest BCUT2D eigenvalue weighted by molar-refractivity contribution is 7.07. The third kappa shape index (κ3) is 3.57. The van der Waals surface area contributed by atoms with Crippen LogP contribution in [-0.4, -0.2) is 55.9 Å². The summed E-state index contributed by atoms with van der Waals surface area (Å²) in [5.74, 6) is 0.814. The molecule has 3 aromatic heterocycles. The molecular formula is C18H22N6O3S. The summed E-state index contributed by atoms with van der Waals surface area (Å²) < 4.78 is 13.1. The molecule has 0 bridgehead atoms. The monoisotopic (exact) mass is 402 g/mol. The first-order valence-electron chi connectivity index (χ1n) is 9.19. The Balaban J connectivity index is 1.48. The number of rotatable bonds is 6. The first kappa shape index (κ1) is 18.8. The largest absolute Gasteiger partial charge is 0.376 e. The second-order valence-corrected chi connectivity index (χ2v) is 7.70. The first-order chi connectivity index (χ1) is 13.5. The van der Waals surface area contributed by atoms with Gasteiger partial charge >= 0.3 is 0 Å². The Morgan fingerprint density at radius 3 is 3.04 bits per heavy atom. The molecule has 4 rings (SSSR count). The van der Waals surface area contributed by atoms with Crippen LogP contribution in [0.15, 0.2) is 15.4 Å². The molecule has 0 unspecified atom stereocenters. The van der Waals surface area contributed by atoms with E-state index in [1.54, 1.807) is 22.8 Å². The number of carbonyl (C=O) groups excluding carboxylic acids is 1. The number of fused-ring (bicyclic) bond motifs is 1. The predicted molar refractivity (Wildman–Crippen MR) is 102 cm³/mol. The molecule has 1 aliphatic heterocycles. The molecule has 9 nitrogen and oxygen atoms in total. The minimum atomic E-state index is -0.119. The van der Waals surface area contributed by atoms with Crippen LogP contribution >= 0.6 is 11.3 Å². The van der Waals surface area contributed by atoms with E-state index in [9.17, 15) is 4.79 Å². The summed E-state index contributed by atoms with van der Waals surface area (Å²) >= 11 is 1.40. The maximum absolute atomic E-state index is 12.3. The summed E-state index contributed by atoms with van der Waals surface area (Å²) in [4.78, 5) is 22.4. The summed E-state index contributed by atoms with van der Waals surface area (Å²) in [7, 11) is 1.74. The Hall–Kier alpha value is -2.59. The molecule has 0 atom stereocenters. The van der Waals surface area contributed by atoms with Crippen molar-refractivity contribution in [2.45, 2.75) is 39.3 Å². The van der Waals surface area contributed by atoms with Gasteiger partial charge in [0.15, 0.2) is 11.5 Å². The third-order valence-electron chi connectivity index (χ3n) is 4.68. The van der Waals surface area contributed by atoms with E-state index in [-0.39, 0.29) is 11.9 Å². The zero-order valence-corrected chi connectivity index (χ0v) is 16.9. The molecular weight excluding hydrogens is 380 g/mol. The van der Waals surface area contributed by atoms with Gasteiger partial charge in [0, 0.05) is 49.1 Å². The van der Waals surface area contributed by atoms with E-state index in [2.05, 4.69) is 29.0 Å². The molecule has 3 aromatic rings. The van der Waals surface area contributed by atoms with Crippen LogP contribution in [0.1, 0.15) is 47.5 Å². The van der Waals surface area contributed by atoms with Gasteiger partial charge in [-0.3, -0.25) is 9.48 Å². The fourth-order valence-electron chi connectivity index (χ4n) is 3.20. The molecule has 0 saturated carbocycles. The fraction of sp³-hybridized carbons (Fsp3) is 0.500. The second kappa shape index (κ2) is 7.80. The molecule has 1 aliphatic rings. The third-order valence-corrected chi connectivity index (χ3v) is 5.26. The minimum Gasteiger partial charge on any atom is -0.376 e. The minimum absolute atomic E-state index is 0.119. The van der Waals surface area contributed by atoms with E-state index in [1.165, 1.54) is 17.0 Å². The maximum atomic E-state index is 12.3. The summed E-state index contributed by atoms with van der Waals surface area (Å²) in [5, 5.41) is 10.5. The highest BCUT2D eigenvalue weighted by atomic mass is 32.1. The van der Waals surface area contributed by atoms with E-state index in [0.29, 0.717) is 49.3 Å². The fourth-order valence-corrected chi connectivity index (χ4v) is 3.72. The second-order valence-electron chi connectivity index (χ2n) is 6.98. The van der Waals surface area contributed by atoms with Gasteiger partial charge in [-0.15, -0.1) is 11.3 Å². The van der Waals surface area contributed by atoms with E-state index >= 15 is 0 Å². The number of ether oxygens (including phenoxy) is 1. The lowest BCUT2D eigenvalue weighted by Crippen LogP contribution is -2.29. The molecule has 0 aromatic carbocycles. The Kier molecular flexibility index (Phi) is 5.23. The van der Waals surface area contributed by atoms with Gasteiger partial charge in [-0.1, -0.05) is 5.16 Å². The number of aromatic nitrogens is 5. The normalized spacial score (nSPS) is 13.7. The van der Waals surface area contributed by atoms with Crippen LogP contribution in [0.3, 0.4) is 0 Å².